The molecule has 1 fully saturated rings. The molecule has 124 valence electrons. The van der Waals surface area contributed by atoms with Crippen molar-refractivity contribution in [2.75, 3.05) is 11.5 Å². The molecule has 0 spiro atoms. The van der Waals surface area contributed by atoms with Gasteiger partial charge in [0.2, 0.25) is 0 Å². The summed E-state index contributed by atoms with van der Waals surface area (Å²) in [5.74, 6) is -3.89. The molecule has 2 aromatic rings. The summed E-state index contributed by atoms with van der Waals surface area (Å²) in [5, 5.41) is 19.6. The molecule has 6 nitrogen and oxygen atoms in total. The Hall–Kier alpha value is -3.02. The van der Waals surface area contributed by atoms with E-state index < -0.39 is 29.2 Å². The average molecular weight is 326 g/mol. The number of nitrogen functional groups attached to an aromatic ring is 2. The maximum absolute atomic E-state index is 12.0. The third-order valence-electron chi connectivity index (χ3n) is 4.96. The fourth-order valence-corrected chi connectivity index (χ4v) is 3.63. The second-order valence-electron chi connectivity index (χ2n) is 6.15. The minimum Gasteiger partial charge on any atom is -0.480 e. The van der Waals surface area contributed by atoms with Crippen molar-refractivity contribution in [2.45, 2.75) is 18.3 Å². The van der Waals surface area contributed by atoms with Crippen molar-refractivity contribution in [1.29, 1.82) is 0 Å². The number of aliphatic carboxylic acids is 2. The molecule has 0 saturated heterocycles. The Morgan fingerprint density at radius 1 is 0.792 bits per heavy atom. The lowest BCUT2D eigenvalue weighted by atomic mass is 9.49. The second kappa shape index (κ2) is 5.56. The van der Waals surface area contributed by atoms with E-state index in [1.165, 1.54) is 0 Å². The molecule has 0 bridgehead atoms. The molecular formula is C18H18N2O4. The third-order valence-corrected chi connectivity index (χ3v) is 4.96. The van der Waals surface area contributed by atoms with Gasteiger partial charge >= 0.3 is 11.9 Å². The number of rotatable bonds is 4. The fourth-order valence-electron chi connectivity index (χ4n) is 3.63. The minimum atomic E-state index is -1.90. The van der Waals surface area contributed by atoms with Crippen LogP contribution in [0.5, 0.6) is 0 Å². The Morgan fingerprint density at radius 3 is 1.42 bits per heavy atom. The minimum absolute atomic E-state index is 0.437. The summed E-state index contributed by atoms with van der Waals surface area (Å²) in [6.45, 7) is 0. The van der Waals surface area contributed by atoms with Gasteiger partial charge in [-0.1, -0.05) is 24.3 Å². The van der Waals surface area contributed by atoms with E-state index in [2.05, 4.69) is 0 Å². The third kappa shape index (κ3) is 2.19. The van der Waals surface area contributed by atoms with Crippen molar-refractivity contribution in [1.82, 2.24) is 0 Å². The Kier molecular flexibility index (Phi) is 3.67. The highest BCUT2D eigenvalue weighted by atomic mass is 16.4. The summed E-state index contributed by atoms with van der Waals surface area (Å²) in [6, 6.07) is 13.4. The van der Waals surface area contributed by atoms with Crippen molar-refractivity contribution in [3.05, 3.63) is 59.7 Å². The molecule has 0 heterocycles. The first kappa shape index (κ1) is 15.9. The van der Waals surface area contributed by atoms with Gasteiger partial charge in [-0.2, -0.15) is 0 Å². The molecule has 1 aliphatic rings. The van der Waals surface area contributed by atoms with Crippen molar-refractivity contribution in [3.63, 3.8) is 0 Å². The highest BCUT2D eigenvalue weighted by Crippen LogP contribution is 2.62. The molecule has 6 N–H and O–H groups in total. The number of nitrogens with two attached hydrogens (primary N) is 2. The number of carboxylic acids is 2. The summed E-state index contributed by atoms with van der Waals surface area (Å²) >= 11 is 0. The van der Waals surface area contributed by atoms with Crippen LogP contribution in [0, 0.1) is 5.41 Å². The summed E-state index contributed by atoms with van der Waals surface area (Å²) in [7, 11) is 0. The van der Waals surface area contributed by atoms with E-state index in [1.807, 2.05) is 0 Å². The van der Waals surface area contributed by atoms with Crippen LogP contribution in [-0.4, -0.2) is 22.2 Å². The summed E-state index contributed by atoms with van der Waals surface area (Å²) in [6.07, 6.45) is 0.437. The van der Waals surface area contributed by atoms with Gasteiger partial charge in [-0.15, -0.1) is 0 Å². The van der Waals surface area contributed by atoms with Gasteiger partial charge in [0.15, 0.2) is 5.41 Å². The second-order valence-corrected chi connectivity index (χ2v) is 6.15. The molecule has 0 aromatic heterocycles. The van der Waals surface area contributed by atoms with Gasteiger partial charge in [0, 0.05) is 23.2 Å². The zero-order valence-corrected chi connectivity index (χ0v) is 12.8. The van der Waals surface area contributed by atoms with Crippen LogP contribution in [0.15, 0.2) is 48.5 Å². The number of carbonyl (C=O) groups is 2. The molecule has 1 aliphatic carbocycles. The largest absolute Gasteiger partial charge is 0.480 e. The first-order chi connectivity index (χ1) is 11.4. The van der Waals surface area contributed by atoms with Gasteiger partial charge in [-0.05, 0) is 41.8 Å². The number of anilines is 2. The molecule has 6 heteroatoms. The lowest BCUT2D eigenvalue weighted by Gasteiger charge is -2.50. The monoisotopic (exact) mass is 326 g/mol. The normalized spacial score (nSPS) is 21.7. The summed E-state index contributed by atoms with van der Waals surface area (Å²) < 4.78 is 0. The maximum Gasteiger partial charge on any atom is 0.322 e. The van der Waals surface area contributed by atoms with Crippen LogP contribution in [0.4, 0.5) is 11.4 Å². The van der Waals surface area contributed by atoms with E-state index in [0.29, 0.717) is 28.9 Å². The van der Waals surface area contributed by atoms with Crippen molar-refractivity contribution >= 4 is 23.3 Å². The first-order valence-electron chi connectivity index (χ1n) is 7.55. The quantitative estimate of drug-likeness (QED) is 0.504. The van der Waals surface area contributed by atoms with Crippen LogP contribution < -0.4 is 11.5 Å². The molecule has 2 aromatic carbocycles. The maximum atomic E-state index is 12.0. The number of hydrogen-bond acceptors (Lipinski definition) is 4. The Labute approximate surface area is 138 Å². The number of hydrogen-bond donors (Lipinski definition) is 4. The number of carboxylic acid groups (broad SMARTS) is 2. The van der Waals surface area contributed by atoms with E-state index in [-0.39, 0.29) is 0 Å². The van der Waals surface area contributed by atoms with Gasteiger partial charge in [0.1, 0.15) is 0 Å². The molecule has 0 aliphatic heterocycles. The molecule has 2 atom stereocenters. The van der Waals surface area contributed by atoms with Crippen molar-refractivity contribution in [2.24, 2.45) is 5.41 Å². The summed E-state index contributed by atoms with van der Waals surface area (Å²) in [4.78, 5) is 24.0. The molecule has 2 unspecified atom stereocenters. The van der Waals surface area contributed by atoms with E-state index in [0.717, 1.165) is 0 Å². The standard InChI is InChI=1S/C18H18N2O4/c19-12-5-1-10(2-6-12)14-9-15(11-3-7-13(20)8-4-11)18(14,16(21)22)17(23)24/h1-8,14-15H,9,19-20H2,(H,21,22)(H,23,24). The Balaban J connectivity index is 2.06. The van der Waals surface area contributed by atoms with Gasteiger partial charge in [0.25, 0.3) is 0 Å². The predicted octanol–water partition coefficient (Wildman–Crippen LogP) is 2.28. The topological polar surface area (TPSA) is 127 Å². The molecule has 1 saturated carbocycles. The van der Waals surface area contributed by atoms with Crippen LogP contribution in [0.1, 0.15) is 29.4 Å². The predicted molar refractivity (Wildman–Crippen MR) is 89.5 cm³/mol. The highest BCUT2D eigenvalue weighted by molar-refractivity contribution is 6.02. The van der Waals surface area contributed by atoms with Gasteiger partial charge in [-0.3, -0.25) is 9.59 Å². The SMILES string of the molecule is Nc1ccc(C2CC(c3ccc(N)cc3)C2(C(=O)O)C(=O)O)cc1. The van der Waals surface area contributed by atoms with Gasteiger partial charge in [-0.25, -0.2) is 0 Å². The zero-order valence-electron chi connectivity index (χ0n) is 12.8. The van der Waals surface area contributed by atoms with E-state index in [1.54, 1.807) is 48.5 Å². The van der Waals surface area contributed by atoms with E-state index >= 15 is 0 Å². The highest BCUT2D eigenvalue weighted by Gasteiger charge is 2.66. The zero-order chi connectivity index (χ0) is 17.5. The molecular weight excluding hydrogens is 308 g/mol. The van der Waals surface area contributed by atoms with E-state index in [9.17, 15) is 19.8 Å². The van der Waals surface area contributed by atoms with Crippen LogP contribution in [0.3, 0.4) is 0 Å². The Bertz CT molecular complexity index is 716. The smallest absolute Gasteiger partial charge is 0.322 e. The van der Waals surface area contributed by atoms with Crippen molar-refractivity contribution in [3.8, 4) is 0 Å². The Morgan fingerprint density at radius 2 is 1.12 bits per heavy atom. The molecule has 0 radical (unpaired) electrons. The molecule has 0 amide bonds. The van der Waals surface area contributed by atoms with Crippen LogP contribution in [0.25, 0.3) is 0 Å². The van der Waals surface area contributed by atoms with Crippen LogP contribution in [0.2, 0.25) is 0 Å². The first-order valence-corrected chi connectivity index (χ1v) is 7.55. The number of benzene rings is 2. The molecule has 3 rings (SSSR count). The average Bonchev–Trinajstić information content (AvgIpc) is 2.49. The van der Waals surface area contributed by atoms with Gasteiger partial charge < -0.3 is 21.7 Å². The van der Waals surface area contributed by atoms with Crippen LogP contribution in [-0.2, 0) is 9.59 Å². The van der Waals surface area contributed by atoms with Crippen molar-refractivity contribution < 1.29 is 19.8 Å². The van der Waals surface area contributed by atoms with E-state index in [4.69, 9.17) is 11.5 Å². The fraction of sp³-hybridized carbons (Fsp3) is 0.222. The van der Waals surface area contributed by atoms with Gasteiger partial charge in [0.05, 0.1) is 0 Å². The lowest BCUT2D eigenvalue weighted by molar-refractivity contribution is -0.177. The van der Waals surface area contributed by atoms with Crippen LogP contribution >= 0.6 is 0 Å². The summed E-state index contributed by atoms with van der Waals surface area (Å²) in [5.41, 5.74) is 11.9. The molecule has 24 heavy (non-hydrogen) atoms. The lowest BCUT2D eigenvalue weighted by Crippen LogP contribution is -2.56.